The number of amides is 2. The van der Waals surface area contributed by atoms with Gasteiger partial charge >= 0.3 is 6.15 Å². The Morgan fingerprint density at radius 2 is 1.73 bits per heavy atom. The number of carbonyl (C=O) groups excluding carboxylic acids is 4. The third-order valence-electron chi connectivity index (χ3n) is 7.25. The zero-order valence-corrected chi connectivity index (χ0v) is 22.2. The summed E-state index contributed by atoms with van der Waals surface area (Å²) in [6.45, 7) is 2.25. The van der Waals surface area contributed by atoms with Crippen molar-refractivity contribution < 1.29 is 23.6 Å². The predicted octanol–water partition coefficient (Wildman–Crippen LogP) is 2.86. The van der Waals surface area contributed by atoms with Gasteiger partial charge in [-0.15, -0.1) is 5.10 Å². The van der Waals surface area contributed by atoms with E-state index in [1.165, 1.54) is 12.1 Å². The van der Waals surface area contributed by atoms with Crippen LogP contribution in [0, 0.1) is 5.82 Å². The fourth-order valence-corrected chi connectivity index (χ4v) is 5.04. The second kappa shape index (κ2) is 14.3. The number of hydrogen-bond donors (Lipinski definition) is 2. The highest BCUT2D eigenvalue weighted by Gasteiger charge is 2.37. The fraction of sp³-hybridized carbons (Fsp3) is 0.414. The summed E-state index contributed by atoms with van der Waals surface area (Å²) in [4.78, 5) is 44.5. The van der Waals surface area contributed by atoms with E-state index in [1.54, 1.807) is 29.2 Å². The molecule has 1 saturated heterocycles. The normalized spacial score (nSPS) is 18.6. The zero-order chi connectivity index (χ0) is 28.3. The minimum Gasteiger partial charge on any atom is -0.341 e. The molecule has 0 unspecified atom stereocenters. The van der Waals surface area contributed by atoms with E-state index in [0.29, 0.717) is 23.9 Å². The van der Waals surface area contributed by atoms with Gasteiger partial charge in [-0.05, 0) is 87.0 Å². The van der Waals surface area contributed by atoms with E-state index >= 15 is 0 Å². The van der Waals surface area contributed by atoms with Crippen molar-refractivity contribution in [3.05, 3.63) is 77.9 Å². The summed E-state index contributed by atoms with van der Waals surface area (Å²) < 4.78 is 14.8. The summed E-state index contributed by atoms with van der Waals surface area (Å²) >= 11 is 0. The quantitative estimate of drug-likeness (QED) is 0.373. The van der Waals surface area contributed by atoms with Gasteiger partial charge in [0.05, 0.1) is 18.1 Å². The molecule has 2 aromatic carbocycles. The fourth-order valence-electron chi connectivity index (χ4n) is 5.04. The third kappa shape index (κ3) is 7.91. The third-order valence-corrected chi connectivity index (χ3v) is 7.25. The molecule has 5 rings (SSSR count). The summed E-state index contributed by atoms with van der Waals surface area (Å²) in [5.41, 5.74) is 2.46. The van der Waals surface area contributed by atoms with Crippen molar-refractivity contribution in [3.8, 4) is 5.69 Å². The van der Waals surface area contributed by atoms with Crippen LogP contribution >= 0.6 is 0 Å². The summed E-state index contributed by atoms with van der Waals surface area (Å²) in [7, 11) is 0. The lowest BCUT2D eigenvalue weighted by Gasteiger charge is -2.31. The molecule has 11 heteroatoms. The molecule has 0 radical (unpaired) electrons. The summed E-state index contributed by atoms with van der Waals surface area (Å²) in [5, 5.41) is 14.3. The average molecular weight is 549 g/mol. The molecule has 210 valence electrons. The van der Waals surface area contributed by atoms with E-state index < -0.39 is 6.04 Å². The molecule has 10 nitrogen and oxygen atoms in total. The second-order valence-corrected chi connectivity index (χ2v) is 9.99. The number of halogens is 1. The Morgan fingerprint density at radius 1 is 1.02 bits per heavy atom. The standard InChI is InChI=1S/C28H33FN6O2.CO2/c29-22-10-6-20(7-11-22)24-19-26(24)30-14-4-5-25(28(37)34-16-2-1-3-17-34)32-27(36)21-8-12-23(13-9-21)35-18-15-31-33-35;2-1-3/h6-13,15,18,24-26,30H,1-5,14,16-17,19H2,(H,32,36);/t24-,25-,26+;/m0./s1. The van der Waals surface area contributed by atoms with Crippen molar-refractivity contribution in [1.29, 1.82) is 0 Å². The Hall–Kier alpha value is -4.21. The Morgan fingerprint density at radius 3 is 2.38 bits per heavy atom. The smallest absolute Gasteiger partial charge is 0.341 e. The van der Waals surface area contributed by atoms with Gasteiger partial charge in [0.1, 0.15) is 11.9 Å². The van der Waals surface area contributed by atoms with Crippen LogP contribution in [-0.4, -0.2) is 69.6 Å². The second-order valence-electron chi connectivity index (χ2n) is 9.99. The van der Waals surface area contributed by atoms with Crippen LogP contribution in [0.3, 0.4) is 0 Å². The predicted molar refractivity (Wildman–Crippen MR) is 143 cm³/mol. The van der Waals surface area contributed by atoms with Crippen LogP contribution in [0.15, 0.2) is 60.9 Å². The van der Waals surface area contributed by atoms with Crippen molar-refractivity contribution in [2.75, 3.05) is 19.6 Å². The lowest BCUT2D eigenvalue weighted by Crippen LogP contribution is -2.50. The van der Waals surface area contributed by atoms with Crippen LogP contribution < -0.4 is 10.6 Å². The molecule has 2 N–H and O–H groups in total. The molecule has 40 heavy (non-hydrogen) atoms. The minimum absolute atomic E-state index is 0.00268. The molecule has 0 bridgehead atoms. The first-order valence-electron chi connectivity index (χ1n) is 13.5. The molecule has 2 amide bonds. The Labute approximate surface area is 231 Å². The van der Waals surface area contributed by atoms with Crippen molar-refractivity contribution in [3.63, 3.8) is 0 Å². The molecule has 0 spiro atoms. The average Bonchev–Trinajstić information content (AvgIpc) is 3.54. The maximum Gasteiger partial charge on any atom is 0.373 e. The van der Waals surface area contributed by atoms with Crippen molar-refractivity contribution in [2.24, 2.45) is 0 Å². The van der Waals surface area contributed by atoms with Crippen LogP contribution in [-0.2, 0) is 14.4 Å². The summed E-state index contributed by atoms with van der Waals surface area (Å²) in [6.07, 6.45) is 9.09. The molecule has 3 atom stereocenters. The van der Waals surface area contributed by atoms with E-state index in [9.17, 15) is 14.0 Å². The molecule has 3 aromatic rings. The monoisotopic (exact) mass is 548 g/mol. The van der Waals surface area contributed by atoms with E-state index in [0.717, 1.165) is 63.0 Å². The first-order chi connectivity index (χ1) is 19.5. The molecular formula is C29H33FN6O4. The maximum absolute atomic E-state index is 13.3. The zero-order valence-electron chi connectivity index (χ0n) is 22.2. The number of nitrogens with one attached hydrogen (secondary N) is 2. The maximum atomic E-state index is 13.3. The molecule has 2 heterocycles. The van der Waals surface area contributed by atoms with Crippen molar-refractivity contribution >= 4 is 18.0 Å². The number of aromatic nitrogens is 3. The Kier molecular flexibility index (Phi) is 10.3. The van der Waals surface area contributed by atoms with Gasteiger partial charge in [-0.1, -0.05) is 17.3 Å². The van der Waals surface area contributed by atoms with E-state index in [4.69, 9.17) is 9.59 Å². The van der Waals surface area contributed by atoms with Gasteiger partial charge in [0.25, 0.3) is 5.91 Å². The van der Waals surface area contributed by atoms with Gasteiger partial charge in [-0.3, -0.25) is 9.59 Å². The van der Waals surface area contributed by atoms with Crippen LogP contribution in [0.1, 0.15) is 60.4 Å². The molecule has 1 aliphatic carbocycles. The van der Waals surface area contributed by atoms with Crippen molar-refractivity contribution in [2.45, 2.75) is 56.5 Å². The van der Waals surface area contributed by atoms with E-state index in [2.05, 4.69) is 20.9 Å². The SMILES string of the molecule is O=C(N[C@@H](CCCN[C@@H]1C[C@H]1c1ccc(F)cc1)C(=O)N1CCCCC1)c1ccc(-n2ccnn2)cc1.O=C=O. The highest BCUT2D eigenvalue weighted by molar-refractivity contribution is 5.97. The highest BCUT2D eigenvalue weighted by Crippen LogP contribution is 2.40. The van der Waals surface area contributed by atoms with Gasteiger partial charge in [-0.2, -0.15) is 9.59 Å². The Bertz CT molecular complexity index is 1270. The number of benzene rings is 2. The van der Waals surface area contributed by atoms with Crippen molar-refractivity contribution in [1.82, 2.24) is 30.5 Å². The first kappa shape index (κ1) is 28.8. The summed E-state index contributed by atoms with van der Waals surface area (Å²) in [5.74, 6) is -0.0620. The van der Waals surface area contributed by atoms with Crippen LogP contribution in [0.25, 0.3) is 5.69 Å². The van der Waals surface area contributed by atoms with Crippen LogP contribution in [0.4, 0.5) is 4.39 Å². The lowest BCUT2D eigenvalue weighted by atomic mass is 10.1. The molecule has 1 aliphatic heterocycles. The molecule has 2 fully saturated rings. The first-order valence-corrected chi connectivity index (χ1v) is 13.5. The number of rotatable bonds is 10. The van der Waals surface area contributed by atoms with Gasteiger partial charge in [0.15, 0.2) is 0 Å². The molecule has 1 aromatic heterocycles. The highest BCUT2D eigenvalue weighted by atomic mass is 19.1. The summed E-state index contributed by atoms with van der Waals surface area (Å²) in [6, 6.07) is 13.6. The largest absolute Gasteiger partial charge is 0.373 e. The number of likely N-dealkylation sites (tertiary alicyclic amines) is 1. The van der Waals surface area contributed by atoms with Crippen LogP contribution in [0.5, 0.6) is 0 Å². The molecule has 2 aliphatic rings. The van der Waals surface area contributed by atoms with Crippen LogP contribution in [0.2, 0.25) is 0 Å². The lowest BCUT2D eigenvalue weighted by molar-refractivity contribution is -0.191. The number of piperidine rings is 1. The number of hydrogen-bond acceptors (Lipinski definition) is 7. The Balaban J connectivity index is 0.00000118. The van der Waals surface area contributed by atoms with E-state index in [-0.39, 0.29) is 23.8 Å². The molecule has 1 saturated carbocycles. The van der Waals surface area contributed by atoms with Gasteiger partial charge in [0, 0.05) is 30.6 Å². The van der Waals surface area contributed by atoms with Gasteiger partial charge in [-0.25, -0.2) is 9.07 Å². The van der Waals surface area contributed by atoms with Gasteiger partial charge < -0.3 is 15.5 Å². The number of nitrogens with zero attached hydrogens (tertiary/aromatic N) is 4. The number of carbonyl (C=O) groups is 2. The topological polar surface area (TPSA) is 126 Å². The molecular weight excluding hydrogens is 515 g/mol. The van der Waals surface area contributed by atoms with E-state index in [1.807, 2.05) is 29.2 Å². The van der Waals surface area contributed by atoms with Gasteiger partial charge in [0.2, 0.25) is 5.91 Å². The minimum atomic E-state index is -0.561.